The molecule has 2 atom stereocenters. The van der Waals surface area contributed by atoms with Gasteiger partial charge in [0.1, 0.15) is 5.82 Å². The molecule has 1 saturated carbocycles. The van der Waals surface area contributed by atoms with Crippen molar-refractivity contribution >= 4 is 17.5 Å². The van der Waals surface area contributed by atoms with Gasteiger partial charge in [-0.25, -0.2) is 4.98 Å². The Bertz CT molecular complexity index is 1070. The van der Waals surface area contributed by atoms with Crippen molar-refractivity contribution in [1.82, 2.24) is 20.5 Å². The lowest BCUT2D eigenvalue weighted by atomic mass is 9.81. The first-order valence-corrected chi connectivity index (χ1v) is 11.2. The quantitative estimate of drug-likeness (QED) is 0.438. The van der Waals surface area contributed by atoms with Gasteiger partial charge in [0, 0.05) is 23.6 Å². The number of aromatic amines is 1. The third kappa shape index (κ3) is 4.70. The molecule has 8 heteroatoms. The second kappa shape index (κ2) is 9.40. The van der Waals surface area contributed by atoms with E-state index >= 15 is 0 Å². The second-order valence-electron chi connectivity index (χ2n) is 8.43. The highest BCUT2D eigenvalue weighted by Crippen LogP contribution is 2.41. The summed E-state index contributed by atoms with van der Waals surface area (Å²) < 4.78 is 0. The first-order valence-electron chi connectivity index (χ1n) is 10.8. The van der Waals surface area contributed by atoms with Gasteiger partial charge in [-0.1, -0.05) is 61.0 Å². The fraction of sp³-hybridized carbons (Fsp3) is 0.375. The van der Waals surface area contributed by atoms with E-state index in [0.717, 1.165) is 17.5 Å². The highest BCUT2D eigenvalue weighted by Gasteiger charge is 2.50. The summed E-state index contributed by atoms with van der Waals surface area (Å²) in [5.41, 5.74) is 1.92. The van der Waals surface area contributed by atoms with E-state index in [4.69, 9.17) is 11.6 Å². The predicted molar refractivity (Wildman–Crippen MR) is 122 cm³/mol. The molecule has 4 N–H and O–H groups in total. The molecule has 1 amide bonds. The number of hydrogen-bond acceptors (Lipinski definition) is 5. The number of amides is 1. The Labute approximate surface area is 191 Å². The van der Waals surface area contributed by atoms with Crippen molar-refractivity contribution in [3.05, 3.63) is 70.5 Å². The average Bonchev–Trinajstić information content (AvgIpc) is 3.37. The number of halogens is 1. The molecule has 1 fully saturated rings. The summed E-state index contributed by atoms with van der Waals surface area (Å²) in [7, 11) is 0. The SMILES string of the molecule is CCc1ccc(-c2n[nH]c(CC3(C(=O)NCc4ccccc4Cl)CC(O)C(O)C3)n2)cc1. The Kier molecular flexibility index (Phi) is 6.60. The van der Waals surface area contributed by atoms with Gasteiger partial charge in [-0.2, -0.15) is 5.10 Å². The fourth-order valence-electron chi connectivity index (χ4n) is 4.28. The van der Waals surface area contributed by atoms with Gasteiger partial charge >= 0.3 is 0 Å². The van der Waals surface area contributed by atoms with Crippen molar-refractivity contribution in [3.63, 3.8) is 0 Å². The van der Waals surface area contributed by atoms with Crippen LogP contribution in [0.25, 0.3) is 11.4 Å². The van der Waals surface area contributed by atoms with Crippen molar-refractivity contribution < 1.29 is 15.0 Å². The van der Waals surface area contributed by atoms with Crippen molar-refractivity contribution in [3.8, 4) is 11.4 Å². The van der Waals surface area contributed by atoms with Crippen molar-refractivity contribution in [2.24, 2.45) is 5.41 Å². The summed E-state index contributed by atoms with van der Waals surface area (Å²) in [6.07, 6.45) is -0.464. The highest BCUT2D eigenvalue weighted by molar-refractivity contribution is 6.31. The molecular weight excluding hydrogens is 428 g/mol. The van der Waals surface area contributed by atoms with E-state index in [0.29, 0.717) is 16.7 Å². The lowest BCUT2D eigenvalue weighted by Crippen LogP contribution is -2.41. The van der Waals surface area contributed by atoms with E-state index in [1.54, 1.807) is 6.07 Å². The Morgan fingerprint density at radius 2 is 1.84 bits per heavy atom. The molecule has 1 aliphatic carbocycles. The molecule has 0 aliphatic heterocycles. The molecule has 1 heterocycles. The van der Waals surface area contributed by atoms with Crippen molar-refractivity contribution in [2.75, 3.05) is 0 Å². The highest BCUT2D eigenvalue weighted by atomic mass is 35.5. The number of carbonyl (C=O) groups excluding carboxylic acids is 1. The molecule has 0 bridgehead atoms. The molecule has 2 unspecified atom stereocenters. The summed E-state index contributed by atoms with van der Waals surface area (Å²) in [5.74, 6) is 0.834. The Morgan fingerprint density at radius 1 is 1.16 bits per heavy atom. The van der Waals surface area contributed by atoms with Gasteiger partial charge < -0.3 is 15.5 Å². The van der Waals surface area contributed by atoms with Crippen LogP contribution in [0.2, 0.25) is 5.02 Å². The molecule has 0 spiro atoms. The number of nitrogens with zero attached hydrogens (tertiary/aromatic N) is 2. The van der Waals surface area contributed by atoms with Crippen LogP contribution < -0.4 is 5.32 Å². The molecule has 2 aromatic carbocycles. The van der Waals surface area contributed by atoms with Crippen LogP contribution in [0.1, 0.15) is 36.7 Å². The maximum atomic E-state index is 13.3. The fourth-order valence-corrected chi connectivity index (χ4v) is 4.49. The molecule has 0 saturated heterocycles. The minimum absolute atomic E-state index is 0.143. The molecule has 1 aromatic heterocycles. The van der Waals surface area contributed by atoms with Crippen LogP contribution in [0.15, 0.2) is 48.5 Å². The van der Waals surface area contributed by atoms with E-state index in [9.17, 15) is 15.0 Å². The summed E-state index contributed by atoms with van der Waals surface area (Å²) >= 11 is 6.20. The van der Waals surface area contributed by atoms with Crippen LogP contribution in [0.5, 0.6) is 0 Å². The van der Waals surface area contributed by atoms with E-state index in [1.807, 2.05) is 42.5 Å². The number of aryl methyl sites for hydroxylation is 1. The van der Waals surface area contributed by atoms with E-state index < -0.39 is 17.6 Å². The number of aliphatic hydroxyl groups is 2. The summed E-state index contributed by atoms with van der Waals surface area (Å²) in [5, 5.41) is 31.2. The molecule has 0 radical (unpaired) electrons. The first kappa shape index (κ1) is 22.5. The average molecular weight is 455 g/mol. The molecule has 1 aliphatic rings. The summed E-state index contributed by atoms with van der Waals surface area (Å²) in [6.45, 7) is 2.36. The van der Waals surface area contributed by atoms with Crippen LogP contribution in [0.3, 0.4) is 0 Å². The van der Waals surface area contributed by atoms with E-state index in [1.165, 1.54) is 5.56 Å². The van der Waals surface area contributed by atoms with Crippen LogP contribution >= 0.6 is 11.6 Å². The predicted octanol–water partition coefficient (Wildman–Crippen LogP) is 3.05. The largest absolute Gasteiger partial charge is 0.390 e. The van der Waals surface area contributed by atoms with Crippen LogP contribution in [0, 0.1) is 5.41 Å². The van der Waals surface area contributed by atoms with Gasteiger partial charge in [-0.3, -0.25) is 9.89 Å². The minimum Gasteiger partial charge on any atom is -0.390 e. The van der Waals surface area contributed by atoms with E-state index in [-0.39, 0.29) is 31.7 Å². The molecule has 4 rings (SSSR count). The summed E-state index contributed by atoms with van der Waals surface area (Å²) in [6, 6.07) is 15.3. The van der Waals surface area contributed by atoms with Gasteiger partial charge in [-0.15, -0.1) is 0 Å². The standard InChI is InChI=1S/C24H27ClN4O3/c1-2-15-7-9-16(10-8-15)22-27-21(28-29-22)13-24(11-19(30)20(31)12-24)23(32)26-14-17-5-3-4-6-18(17)25/h3-10,19-20,30-31H,2,11-14H2,1H3,(H,26,32)(H,27,28,29). The maximum absolute atomic E-state index is 13.3. The van der Waals surface area contributed by atoms with Crippen molar-refractivity contribution in [2.45, 2.75) is 51.4 Å². The van der Waals surface area contributed by atoms with E-state index in [2.05, 4.69) is 27.4 Å². The monoisotopic (exact) mass is 454 g/mol. The molecule has 7 nitrogen and oxygen atoms in total. The number of benzene rings is 2. The number of carbonyl (C=O) groups is 1. The number of rotatable bonds is 7. The Balaban J connectivity index is 1.52. The second-order valence-corrected chi connectivity index (χ2v) is 8.84. The van der Waals surface area contributed by atoms with Gasteiger partial charge in [0.05, 0.1) is 17.6 Å². The van der Waals surface area contributed by atoms with Gasteiger partial charge in [0.2, 0.25) is 5.91 Å². The molecule has 3 aromatic rings. The Hall–Kier alpha value is -2.74. The topological polar surface area (TPSA) is 111 Å². The lowest BCUT2D eigenvalue weighted by Gasteiger charge is -2.27. The number of aliphatic hydroxyl groups excluding tert-OH is 2. The zero-order valence-corrected chi connectivity index (χ0v) is 18.6. The minimum atomic E-state index is -0.997. The molecule has 168 valence electrons. The zero-order valence-electron chi connectivity index (χ0n) is 17.9. The number of H-pyrrole nitrogens is 1. The van der Waals surface area contributed by atoms with Crippen LogP contribution in [-0.2, 0) is 24.2 Å². The van der Waals surface area contributed by atoms with Gasteiger partial charge in [-0.05, 0) is 36.5 Å². The van der Waals surface area contributed by atoms with Gasteiger partial charge in [0.25, 0.3) is 0 Å². The normalized spacial score (nSPS) is 22.8. The number of aromatic nitrogens is 3. The smallest absolute Gasteiger partial charge is 0.227 e. The maximum Gasteiger partial charge on any atom is 0.227 e. The van der Waals surface area contributed by atoms with Crippen LogP contribution in [-0.4, -0.2) is 43.5 Å². The Morgan fingerprint density at radius 3 is 2.50 bits per heavy atom. The third-order valence-electron chi connectivity index (χ3n) is 6.18. The van der Waals surface area contributed by atoms with Crippen LogP contribution in [0.4, 0.5) is 0 Å². The number of nitrogens with one attached hydrogen (secondary N) is 2. The van der Waals surface area contributed by atoms with Gasteiger partial charge in [0.15, 0.2) is 5.82 Å². The number of hydrogen-bond donors (Lipinski definition) is 4. The zero-order chi connectivity index (χ0) is 22.7. The third-order valence-corrected chi connectivity index (χ3v) is 6.55. The molecular formula is C24H27ClN4O3. The summed E-state index contributed by atoms with van der Waals surface area (Å²) in [4.78, 5) is 17.8. The molecule has 32 heavy (non-hydrogen) atoms. The first-order chi connectivity index (χ1) is 15.4. The lowest BCUT2D eigenvalue weighted by molar-refractivity contribution is -0.131. The van der Waals surface area contributed by atoms with Crippen molar-refractivity contribution in [1.29, 1.82) is 0 Å².